The van der Waals surface area contributed by atoms with Crippen LogP contribution < -0.4 is 11.4 Å². The molecular formula is C14H14N2O3. The number of hydrogen-bond acceptors (Lipinski definition) is 4. The molecule has 1 aliphatic rings. The van der Waals surface area contributed by atoms with Gasteiger partial charge in [0.05, 0.1) is 0 Å². The van der Waals surface area contributed by atoms with Gasteiger partial charge in [-0.3, -0.25) is 4.79 Å². The fourth-order valence-electron chi connectivity index (χ4n) is 2.35. The molecule has 5 heteroatoms. The van der Waals surface area contributed by atoms with Gasteiger partial charge in [-0.1, -0.05) is 18.2 Å². The van der Waals surface area contributed by atoms with Crippen LogP contribution in [0.2, 0.25) is 0 Å². The van der Waals surface area contributed by atoms with Gasteiger partial charge in [0.15, 0.2) is 0 Å². The molecule has 1 atom stereocenters. The number of amides is 1. The molecule has 0 bridgehead atoms. The fourth-order valence-corrected chi connectivity index (χ4v) is 2.35. The van der Waals surface area contributed by atoms with Gasteiger partial charge in [0.2, 0.25) is 0 Å². The normalized spacial score (nSPS) is 19.0. The van der Waals surface area contributed by atoms with Crippen LogP contribution in [0.25, 0.3) is 11.0 Å². The topological polar surface area (TPSA) is 76.5 Å². The van der Waals surface area contributed by atoms with Crippen LogP contribution >= 0.6 is 0 Å². The first-order valence-corrected chi connectivity index (χ1v) is 6.23. The number of carbonyl (C=O) groups is 1. The second-order valence-electron chi connectivity index (χ2n) is 4.79. The first kappa shape index (κ1) is 11.9. The molecule has 0 spiro atoms. The van der Waals surface area contributed by atoms with E-state index in [1.54, 1.807) is 23.1 Å². The molecule has 1 aliphatic heterocycles. The summed E-state index contributed by atoms with van der Waals surface area (Å²) in [6.45, 7) is 1.08. The van der Waals surface area contributed by atoms with Crippen molar-refractivity contribution in [1.29, 1.82) is 0 Å². The molecule has 0 unspecified atom stereocenters. The second kappa shape index (κ2) is 4.51. The minimum Gasteiger partial charge on any atom is -0.422 e. The fraction of sp³-hybridized carbons (Fsp3) is 0.286. The summed E-state index contributed by atoms with van der Waals surface area (Å²) in [4.78, 5) is 25.7. The van der Waals surface area contributed by atoms with E-state index >= 15 is 0 Å². The molecule has 0 aliphatic carbocycles. The molecule has 1 saturated heterocycles. The van der Waals surface area contributed by atoms with E-state index in [-0.39, 0.29) is 17.5 Å². The van der Waals surface area contributed by atoms with E-state index < -0.39 is 5.63 Å². The molecule has 98 valence electrons. The Hall–Kier alpha value is -2.14. The standard InChI is InChI=1S/C14H14N2O3/c15-10-5-6-16(8-10)13(17)11-7-9-3-1-2-4-12(9)19-14(11)18/h1-4,7,10H,5-6,8,15H2/t10-/m1/s1. The number of nitrogens with two attached hydrogens (primary N) is 1. The van der Waals surface area contributed by atoms with Gasteiger partial charge in [-0.15, -0.1) is 0 Å². The highest BCUT2D eigenvalue weighted by Gasteiger charge is 2.26. The lowest BCUT2D eigenvalue weighted by Gasteiger charge is -2.14. The molecule has 1 aromatic heterocycles. The minimum atomic E-state index is -0.593. The highest BCUT2D eigenvalue weighted by atomic mass is 16.4. The van der Waals surface area contributed by atoms with Crippen molar-refractivity contribution >= 4 is 16.9 Å². The Morgan fingerprint density at radius 3 is 2.89 bits per heavy atom. The Bertz CT molecular complexity index is 692. The molecule has 1 aromatic carbocycles. The summed E-state index contributed by atoms with van der Waals surface area (Å²) >= 11 is 0. The number of carbonyl (C=O) groups excluding carboxylic acids is 1. The molecule has 2 aromatic rings. The van der Waals surface area contributed by atoms with E-state index in [1.807, 2.05) is 12.1 Å². The molecular weight excluding hydrogens is 244 g/mol. The molecule has 1 amide bonds. The van der Waals surface area contributed by atoms with Gasteiger partial charge in [-0.05, 0) is 18.6 Å². The summed E-state index contributed by atoms with van der Waals surface area (Å²) in [6, 6.07) is 8.72. The number of likely N-dealkylation sites (tertiary alicyclic amines) is 1. The first-order valence-electron chi connectivity index (χ1n) is 6.23. The van der Waals surface area contributed by atoms with Gasteiger partial charge >= 0.3 is 5.63 Å². The Labute approximate surface area is 109 Å². The number of fused-ring (bicyclic) bond motifs is 1. The summed E-state index contributed by atoms with van der Waals surface area (Å²) in [7, 11) is 0. The highest BCUT2D eigenvalue weighted by Crippen LogP contribution is 2.15. The van der Waals surface area contributed by atoms with Gasteiger partial charge in [-0.25, -0.2) is 4.79 Å². The van der Waals surface area contributed by atoms with Crippen LogP contribution in [0.5, 0.6) is 0 Å². The van der Waals surface area contributed by atoms with Crippen LogP contribution in [0.4, 0.5) is 0 Å². The Morgan fingerprint density at radius 2 is 2.16 bits per heavy atom. The van der Waals surface area contributed by atoms with Crippen LogP contribution in [0.3, 0.4) is 0 Å². The number of rotatable bonds is 1. The van der Waals surface area contributed by atoms with E-state index in [2.05, 4.69) is 0 Å². The maximum atomic E-state index is 12.3. The average molecular weight is 258 g/mol. The van der Waals surface area contributed by atoms with Gasteiger partial charge in [0.25, 0.3) is 5.91 Å². The quantitative estimate of drug-likeness (QED) is 0.773. The van der Waals surface area contributed by atoms with Gasteiger partial charge < -0.3 is 15.1 Å². The third-order valence-corrected chi connectivity index (χ3v) is 3.38. The maximum absolute atomic E-state index is 12.3. The minimum absolute atomic E-state index is 0.00329. The largest absolute Gasteiger partial charge is 0.422 e. The summed E-state index contributed by atoms with van der Waals surface area (Å²) in [5.74, 6) is -0.299. The lowest BCUT2D eigenvalue weighted by atomic mass is 10.1. The van der Waals surface area contributed by atoms with E-state index in [4.69, 9.17) is 10.2 Å². The highest BCUT2D eigenvalue weighted by molar-refractivity contribution is 5.96. The Balaban J connectivity index is 2.02. The zero-order valence-corrected chi connectivity index (χ0v) is 10.3. The number of nitrogens with zero attached hydrogens (tertiary/aromatic N) is 1. The van der Waals surface area contributed by atoms with Crippen molar-refractivity contribution in [2.45, 2.75) is 12.5 Å². The lowest BCUT2D eigenvalue weighted by Crippen LogP contribution is -2.34. The van der Waals surface area contributed by atoms with E-state index in [0.29, 0.717) is 18.7 Å². The van der Waals surface area contributed by atoms with Crippen molar-refractivity contribution in [2.24, 2.45) is 5.73 Å². The van der Waals surface area contributed by atoms with E-state index in [0.717, 1.165) is 11.8 Å². The van der Waals surface area contributed by atoms with Crippen LogP contribution in [0.1, 0.15) is 16.8 Å². The summed E-state index contributed by atoms with van der Waals surface area (Å²) in [5.41, 5.74) is 5.75. The van der Waals surface area contributed by atoms with Gasteiger partial charge in [-0.2, -0.15) is 0 Å². The Kier molecular flexibility index (Phi) is 2.83. The van der Waals surface area contributed by atoms with Gasteiger partial charge in [0, 0.05) is 24.5 Å². The number of benzene rings is 1. The second-order valence-corrected chi connectivity index (χ2v) is 4.79. The summed E-state index contributed by atoms with van der Waals surface area (Å²) in [5, 5.41) is 0.744. The van der Waals surface area contributed by atoms with Crippen LogP contribution in [0, 0.1) is 0 Å². The monoisotopic (exact) mass is 258 g/mol. The van der Waals surface area contributed by atoms with Crippen molar-refractivity contribution < 1.29 is 9.21 Å². The van der Waals surface area contributed by atoms with Crippen molar-refractivity contribution in [3.05, 3.63) is 46.3 Å². The Morgan fingerprint density at radius 1 is 1.37 bits per heavy atom. The maximum Gasteiger partial charge on any atom is 0.349 e. The summed E-state index contributed by atoms with van der Waals surface area (Å²) < 4.78 is 5.17. The van der Waals surface area contributed by atoms with E-state index in [9.17, 15) is 9.59 Å². The SMILES string of the molecule is N[C@@H]1CCN(C(=O)c2cc3ccccc3oc2=O)C1. The molecule has 2 heterocycles. The lowest BCUT2D eigenvalue weighted by molar-refractivity contribution is 0.0787. The van der Waals surface area contributed by atoms with E-state index in [1.165, 1.54) is 0 Å². The molecule has 3 rings (SSSR count). The van der Waals surface area contributed by atoms with Crippen LogP contribution in [-0.2, 0) is 0 Å². The molecule has 1 fully saturated rings. The smallest absolute Gasteiger partial charge is 0.349 e. The predicted octanol–water partition coefficient (Wildman–Crippen LogP) is 0.966. The number of para-hydroxylation sites is 1. The third kappa shape index (κ3) is 2.13. The molecule has 2 N–H and O–H groups in total. The zero-order chi connectivity index (χ0) is 13.4. The molecule has 0 radical (unpaired) electrons. The summed E-state index contributed by atoms with van der Waals surface area (Å²) in [6.07, 6.45) is 0.769. The first-order chi connectivity index (χ1) is 9.15. The average Bonchev–Trinajstić information content (AvgIpc) is 2.84. The number of hydrogen-bond donors (Lipinski definition) is 1. The molecule has 0 saturated carbocycles. The van der Waals surface area contributed by atoms with Gasteiger partial charge in [0.1, 0.15) is 11.1 Å². The third-order valence-electron chi connectivity index (χ3n) is 3.38. The van der Waals surface area contributed by atoms with Crippen molar-refractivity contribution in [1.82, 2.24) is 4.90 Å². The van der Waals surface area contributed by atoms with Crippen molar-refractivity contribution in [3.8, 4) is 0 Å². The van der Waals surface area contributed by atoms with Crippen LogP contribution in [0.15, 0.2) is 39.5 Å². The molecule has 19 heavy (non-hydrogen) atoms. The molecule has 5 nitrogen and oxygen atoms in total. The van der Waals surface area contributed by atoms with Crippen molar-refractivity contribution in [3.63, 3.8) is 0 Å². The predicted molar refractivity (Wildman–Crippen MR) is 71.0 cm³/mol. The van der Waals surface area contributed by atoms with Crippen molar-refractivity contribution in [2.75, 3.05) is 13.1 Å². The zero-order valence-electron chi connectivity index (χ0n) is 10.3. The van der Waals surface area contributed by atoms with Crippen LogP contribution in [-0.4, -0.2) is 29.9 Å².